The molecule has 4 rings (SSSR count). The van der Waals surface area contributed by atoms with E-state index in [4.69, 9.17) is 9.47 Å². The van der Waals surface area contributed by atoms with Gasteiger partial charge < -0.3 is 19.3 Å². The molecule has 1 aromatic heterocycles. The molecule has 7 heteroatoms. The predicted molar refractivity (Wildman–Crippen MR) is 107 cm³/mol. The molecule has 2 aromatic rings. The predicted octanol–water partition coefficient (Wildman–Crippen LogP) is 2.37. The molecule has 0 N–H and O–H groups in total. The molecule has 3 heterocycles. The van der Waals surface area contributed by atoms with E-state index in [9.17, 15) is 9.59 Å². The molecule has 152 valence electrons. The van der Waals surface area contributed by atoms with Gasteiger partial charge in [0.25, 0.3) is 5.91 Å². The van der Waals surface area contributed by atoms with Crippen molar-refractivity contribution >= 4 is 11.8 Å². The number of likely N-dealkylation sites (tertiary alicyclic amines) is 2. The topological polar surface area (TPSA) is 72.0 Å². The summed E-state index contributed by atoms with van der Waals surface area (Å²) in [7, 11) is 1.53. The number of amides is 2. The molecule has 0 spiro atoms. The SMILES string of the molecule is COc1ccc(C(=O)N2C[C@@H](Oc3ccccc3)C[C@H]2C(=O)N2CCCC2)cn1. The van der Waals surface area contributed by atoms with Crippen molar-refractivity contribution in [2.45, 2.75) is 31.4 Å². The Morgan fingerprint density at radius 1 is 1.07 bits per heavy atom. The van der Waals surface area contributed by atoms with Crippen molar-refractivity contribution in [3.63, 3.8) is 0 Å². The van der Waals surface area contributed by atoms with Crippen molar-refractivity contribution in [1.29, 1.82) is 0 Å². The van der Waals surface area contributed by atoms with E-state index in [0.29, 0.717) is 24.4 Å². The summed E-state index contributed by atoms with van der Waals surface area (Å²) in [5.74, 6) is 0.983. The maximum absolute atomic E-state index is 13.2. The molecule has 2 atom stereocenters. The third-order valence-corrected chi connectivity index (χ3v) is 5.46. The number of aromatic nitrogens is 1. The van der Waals surface area contributed by atoms with E-state index in [0.717, 1.165) is 31.7 Å². The van der Waals surface area contributed by atoms with Gasteiger partial charge in [0, 0.05) is 31.8 Å². The normalized spacial score (nSPS) is 21.3. The van der Waals surface area contributed by atoms with Crippen LogP contribution in [0.5, 0.6) is 11.6 Å². The summed E-state index contributed by atoms with van der Waals surface area (Å²) >= 11 is 0. The highest BCUT2D eigenvalue weighted by molar-refractivity contribution is 5.98. The van der Waals surface area contributed by atoms with Crippen molar-refractivity contribution in [2.24, 2.45) is 0 Å². The molecule has 0 saturated carbocycles. The first-order chi connectivity index (χ1) is 14.2. The largest absolute Gasteiger partial charge is 0.488 e. The highest BCUT2D eigenvalue weighted by Crippen LogP contribution is 2.27. The summed E-state index contributed by atoms with van der Waals surface area (Å²) in [6.07, 6.45) is 3.77. The summed E-state index contributed by atoms with van der Waals surface area (Å²) in [5.41, 5.74) is 0.436. The quantitative estimate of drug-likeness (QED) is 0.777. The molecule has 2 amide bonds. The van der Waals surface area contributed by atoms with Gasteiger partial charge in [0.2, 0.25) is 11.8 Å². The molecular formula is C22H25N3O4. The van der Waals surface area contributed by atoms with Crippen molar-refractivity contribution in [3.05, 3.63) is 54.2 Å². The zero-order chi connectivity index (χ0) is 20.2. The maximum Gasteiger partial charge on any atom is 0.256 e. The van der Waals surface area contributed by atoms with Crippen molar-refractivity contribution < 1.29 is 19.1 Å². The first kappa shape index (κ1) is 19.2. The van der Waals surface area contributed by atoms with Gasteiger partial charge in [0.05, 0.1) is 19.2 Å². The number of ether oxygens (including phenoxy) is 2. The van der Waals surface area contributed by atoms with Gasteiger partial charge >= 0.3 is 0 Å². The number of nitrogens with zero attached hydrogens (tertiary/aromatic N) is 3. The fourth-order valence-electron chi connectivity index (χ4n) is 3.97. The smallest absolute Gasteiger partial charge is 0.256 e. The minimum Gasteiger partial charge on any atom is -0.488 e. The van der Waals surface area contributed by atoms with Crippen LogP contribution in [0.25, 0.3) is 0 Å². The number of rotatable bonds is 5. The second-order valence-electron chi connectivity index (χ2n) is 7.38. The molecule has 2 fully saturated rings. The molecule has 29 heavy (non-hydrogen) atoms. The lowest BCUT2D eigenvalue weighted by Gasteiger charge is -2.27. The van der Waals surface area contributed by atoms with Gasteiger partial charge in [-0.3, -0.25) is 9.59 Å². The lowest BCUT2D eigenvalue weighted by atomic mass is 10.1. The lowest BCUT2D eigenvalue weighted by molar-refractivity contribution is -0.134. The van der Waals surface area contributed by atoms with E-state index >= 15 is 0 Å². The van der Waals surface area contributed by atoms with Crippen LogP contribution in [0.3, 0.4) is 0 Å². The van der Waals surface area contributed by atoms with Crippen molar-refractivity contribution in [1.82, 2.24) is 14.8 Å². The van der Waals surface area contributed by atoms with E-state index < -0.39 is 6.04 Å². The summed E-state index contributed by atoms with van der Waals surface area (Å²) in [6.45, 7) is 1.88. The molecule has 7 nitrogen and oxygen atoms in total. The molecule has 2 aliphatic rings. The number of methoxy groups -OCH3 is 1. The highest BCUT2D eigenvalue weighted by Gasteiger charge is 2.43. The van der Waals surface area contributed by atoms with E-state index in [-0.39, 0.29) is 17.9 Å². The van der Waals surface area contributed by atoms with Crippen LogP contribution in [0.4, 0.5) is 0 Å². The Morgan fingerprint density at radius 2 is 1.83 bits per heavy atom. The summed E-state index contributed by atoms with van der Waals surface area (Å²) in [6, 6.07) is 12.3. The van der Waals surface area contributed by atoms with Crippen LogP contribution in [-0.2, 0) is 4.79 Å². The van der Waals surface area contributed by atoms with E-state index in [1.165, 1.54) is 13.3 Å². The minimum absolute atomic E-state index is 0.0106. The first-order valence-electron chi connectivity index (χ1n) is 9.97. The van der Waals surface area contributed by atoms with Gasteiger partial charge in [-0.05, 0) is 31.0 Å². The van der Waals surface area contributed by atoms with Gasteiger partial charge in [0.15, 0.2) is 0 Å². The molecule has 0 radical (unpaired) electrons. The zero-order valence-corrected chi connectivity index (χ0v) is 16.5. The maximum atomic E-state index is 13.2. The molecule has 2 saturated heterocycles. The van der Waals surface area contributed by atoms with Crippen LogP contribution >= 0.6 is 0 Å². The molecule has 0 bridgehead atoms. The van der Waals surface area contributed by atoms with E-state index in [2.05, 4.69) is 4.98 Å². The second-order valence-corrected chi connectivity index (χ2v) is 7.38. The Hall–Kier alpha value is -3.09. The third-order valence-electron chi connectivity index (χ3n) is 5.46. The van der Waals surface area contributed by atoms with Gasteiger partial charge in [0.1, 0.15) is 17.9 Å². The van der Waals surface area contributed by atoms with E-state index in [1.54, 1.807) is 17.0 Å². The Bertz CT molecular complexity index is 850. The van der Waals surface area contributed by atoms with Crippen LogP contribution in [0, 0.1) is 0 Å². The molecular weight excluding hydrogens is 370 g/mol. The number of carbonyl (C=O) groups excluding carboxylic acids is 2. The molecule has 0 aliphatic carbocycles. The fourth-order valence-corrected chi connectivity index (χ4v) is 3.97. The summed E-state index contributed by atoms with van der Waals surface area (Å²) in [5, 5.41) is 0. The number of hydrogen-bond acceptors (Lipinski definition) is 5. The van der Waals surface area contributed by atoms with Crippen molar-refractivity contribution in [2.75, 3.05) is 26.7 Å². The summed E-state index contributed by atoms with van der Waals surface area (Å²) in [4.78, 5) is 34.0. The number of carbonyl (C=O) groups is 2. The van der Waals surface area contributed by atoms with Gasteiger partial charge in [-0.2, -0.15) is 0 Å². The van der Waals surface area contributed by atoms with Gasteiger partial charge in [-0.1, -0.05) is 18.2 Å². The van der Waals surface area contributed by atoms with Crippen LogP contribution in [-0.4, -0.2) is 65.5 Å². The zero-order valence-electron chi connectivity index (χ0n) is 16.5. The average Bonchev–Trinajstić information content (AvgIpc) is 3.44. The summed E-state index contributed by atoms with van der Waals surface area (Å²) < 4.78 is 11.1. The number of benzene rings is 1. The molecule has 0 unspecified atom stereocenters. The number of pyridine rings is 1. The first-order valence-corrected chi connectivity index (χ1v) is 9.97. The Morgan fingerprint density at radius 3 is 2.48 bits per heavy atom. The van der Waals surface area contributed by atoms with Crippen LogP contribution in [0.2, 0.25) is 0 Å². The van der Waals surface area contributed by atoms with Crippen LogP contribution < -0.4 is 9.47 Å². The van der Waals surface area contributed by atoms with Gasteiger partial charge in [-0.15, -0.1) is 0 Å². The standard InChI is InChI=1S/C22H25N3O4/c1-28-20-10-9-16(14-23-20)21(26)25-15-18(29-17-7-3-2-4-8-17)13-19(25)22(27)24-11-5-6-12-24/h2-4,7-10,14,18-19H,5-6,11-13,15H2,1H3/t18-,19-/m0/s1. The molecule has 2 aliphatic heterocycles. The fraction of sp³-hybridized carbons (Fsp3) is 0.409. The second kappa shape index (κ2) is 8.51. The monoisotopic (exact) mass is 395 g/mol. The number of para-hydroxylation sites is 1. The lowest BCUT2D eigenvalue weighted by Crippen LogP contribution is -2.47. The van der Waals surface area contributed by atoms with Crippen LogP contribution in [0.1, 0.15) is 29.6 Å². The van der Waals surface area contributed by atoms with Gasteiger partial charge in [-0.25, -0.2) is 4.98 Å². The third kappa shape index (κ3) is 4.18. The van der Waals surface area contributed by atoms with E-state index in [1.807, 2.05) is 35.2 Å². The van der Waals surface area contributed by atoms with Crippen molar-refractivity contribution in [3.8, 4) is 11.6 Å². The Balaban J connectivity index is 1.55. The average molecular weight is 395 g/mol. The molecule has 1 aromatic carbocycles. The Labute approximate surface area is 170 Å². The number of hydrogen-bond donors (Lipinski definition) is 0. The highest BCUT2D eigenvalue weighted by atomic mass is 16.5. The Kier molecular flexibility index (Phi) is 5.64. The minimum atomic E-state index is -0.517. The van der Waals surface area contributed by atoms with Crippen LogP contribution in [0.15, 0.2) is 48.7 Å².